The summed E-state index contributed by atoms with van der Waals surface area (Å²) in [5, 5.41) is 12.3. The number of hydrogen-bond acceptors (Lipinski definition) is 6. The Morgan fingerprint density at radius 3 is 2.69 bits per heavy atom. The average Bonchev–Trinajstić information content (AvgIpc) is 3.37. The second kappa shape index (κ2) is 8.62. The van der Waals surface area contributed by atoms with E-state index in [0.29, 0.717) is 34.8 Å². The van der Waals surface area contributed by atoms with Crippen molar-refractivity contribution in [2.24, 2.45) is 0 Å². The molecule has 1 amide bonds. The van der Waals surface area contributed by atoms with E-state index in [2.05, 4.69) is 20.5 Å². The van der Waals surface area contributed by atoms with E-state index in [1.807, 2.05) is 30.7 Å². The van der Waals surface area contributed by atoms with E-state index in [-0.39, 0.29) is 11.9 Å². The van der Waals surface area contributed by atoms with E-state index in [9.17, 15) is 9.59 Å². The number of amides is 1. The largest absolute Gasteiger partial charge is 0.462 e. The number of esters is 1. The monoisotopic (exact) mass is 432 g/mol. The predicted octanol–water partition coefficient (Wildman–Crippen LogP) is 3.94. The molecule has 0 fully saturated rings. The molecule has 0 aliphatic rings. The van der Waals surface area contributed by atoms with Gasteiger partial charge in [0.1, 0.15) is 5.56 Å². The molecule has 0 saturated heterocycles. The van der Waals surface area contributed by atoms with Gasteiger partial charge in [-0.05, 0) is 52.0 Å². The van der Waals surface area contributed by atoms with Crippen molar-refractivity contribution in [3.63, 3.8) is 0 Å². The first-order chi connectivity index (χ1) is 15.4. The van der Waals surface area contributed by atoms with E-state index >= 15 is 0 Å². The Morgan fingerprint density at radius 2 is 1.94 bits per heavy atom. The number of carbonyl (C=O) groups is 2. The normalized spacial score (nSPS) is 11.2. The quantitative estimate of drug-likeness (QED) is 0.463. The zero-order chi connectivity index (χ0) is 22.8. The van der Waals surface area contributed by atoms with Crippen molar-refractivity contribution in [1.82, 2.24) is 24.5 Å². The number of nitrogens with zero attached hydrogens (tertiary/aromatic N) is 5. The van der Waals surface area contributed by atoms with Gasteiger partial charge in [0.15, 0.2) is 5.65 Å². The van der Waals surface area contributed by atoms with Crippen LogP contribution in [-0.2, 0) is 4.74 Å². The molecule has 0 atom stereocenters. The van der Waals surface area contributed by atoms with Crippen LogP contribution >= 0.6 is 0 Å². The highest BCUT2D eigenvalue weighted by molar-refractivity contribution is 6.05. The van der Waals surface area contributed by atoms with Crippen LogP contribution in [0.1, 0.15) is 53.2 Å². The fraction of sp³-hybridized carbons (Fsp3) is 0.261. The van der Waals surface area contributed by atoms with E-state index in [1.165, 1.54) is 6.20 Å². The lowest BCUT2D eigenvalue weighted by Crippen LogP contribution is -2.13. The topological polar surface area (TPSA) is 104 Å². The maximum atomic E-state index is 12.8. The van der Waals surface area contributed by atoms with Gasteiger partial charge in [0, 0.05) is 23.3 Å². The highest BCUT2D eigenvalue weighted by Gasteiger charge is 2.17. The minimum absolute atomic E-state index is 0.178. The third kappa shape index (κ3) is 3.96. The molecule has 3 aromatic heterocycles. The lowest BCUT2D eigenvalue weighted by molar-refractivity contribution is 0.0525. The zero-order valence-corrected chi connectivity index (χ0v) is 18.4. The van der Waals surface area contributed by atoms with Crippen LogP contribution in [0.25, 0.3) is 16.7 Å². The van der Waals surface area contributed by atoms with Gasteiger partial charge in [0.05, 0.1) is 35.9 Å². The van der Waals surface area contributed by atoms with Gasteiger partial charge in [0.25, 0.3) is 5.91 Å². The van der Waals surface area contributed by atoms with Gasteiger partial charge in [-0.2, -0.15) is 10.2 Å². The highest BCUT2D eigenvalue weighted by atomic mass is 16.5. The third-order valence-corrected chi connectivity index (χ3v) is 5.04. The van der Waals surface area contributed by atoms with Crippen LogP contribution in [0.15, 0.2) is 48.9 Å². The Balaban J connectivity index is 1.56. The number of pyridine rings is 1. The molecule has 1 N–H and O–H groups in total. The Kier molecular flexibility index (Phi) is 5.72. The number of benzene rings is 1. The molecule has 0 spiro atoms. The molecule has 0 aliphatic carbocycles. The molecule has 9 heteroatoms. The van der Waals surface area contributed by atoms with Crippen LogP contribution in [0.2, 0.25) is 0 Å². The molecule has 4 rings (SSSR count). The minimum Gasteiger partial charge on any atom is -0.462 e. The van der Waals surface area contributed by atoms with Crippen molar-refractivity contribution in [1.29, 1.82) is 0 Å². The molecule has 0 bridgehead atoms. The van der Waals surface area contributed by atoms with Crippen LogP contribution in [-0.4, -0.2) is 43.0 Å². The van der Waals surface area contributed by atoms with Gasteiger partial charge in [0.2, 0.25) is 0 Å². The standard InChI is InChI=1S/C23H24N6O3/c1-5-32-23(31)20-13-26-29(15(20)4)19-8-6-7-18(10-19)27-22(30)17-9-16-12-25-28(14(2)3)21(16)24-11-17/h6-14H,5H2,1-4H3,(H,27,30). The first kappa shape index (κ1) is 21.2. The third-order valence-electron chi connectivity index (χ3n) is 5.04. The van der Waals surface area contributed by atoms with E-state index in [4.69, 9.17) is 4.74 Å². The maximum absolute atomic E-state index is 12.8. The van der Waals surface area contributed by atoms with Crippen molar-refractivity contribution in [3.05, 3.63) is 65.7 Å². The maximum Gasteiger partial charge on any atom is 0.341 e. The summed E-state index contributed by atoms with van der Waals surface area (Å²) < 4.78 is 8.52. The molecule has 4 aromatic rings. The Labute approximate surface area is 185 Å². The minimum atomic E-state index is -0.413. The summed E-state index contributed by atoms with van der Waals surface area (Å²) in [4.78, 5) is 29.3. The van der Waals surface area contributed by atoms with Gasteiger partial charge in [-0.3, -0.25) is 4.79 Å². The van der Waals surface area contributed by atoms with E-state index < -0.39 is 5.97 Å². The first-order valence-corrected chi connectivity index (χ1v) is 10.4. The number of carbonyl (C=O) groups excluding carboxylic acids is 2. The van der Waals surface area contributed by atoms with Crippen LogP contribution < -0.4 is 5.32 Å². The summed E-state index contributed by atoms with van der Waals surface area (Å²) in [6, 6.07) is 9.18. The molecule has 0 unspecified atom stereocenters. The Morgan fingerprint density at radius 1 is 1.12 bits per heavy atom. The number of ether oxygens (including phenoxy) is 1. The van der Waals surface area contributed by atoms with Crippen molar-refractivity contribution in [2.75, 3.05) is 11.9 Å². The summed E-state index contributed by atoms with van der Waals surface area (Å²) in [6.45, 7) is 7.90. The zero-order valence-electron chi connectivity index (χ0n) is 18.4. The molecule has 1 aromatic carbocycles. The van der Waals surface area contributed by atoms with Crippen LogP contribution in [0.3, 0.4) is 0 Å². The molecule has 9 nitrogen and oxygen atoms in total. The summed E-state index contributed by atoms with van der Waals surface area (Å²) in [5.41, 5.74) is 3.54. The number of anilines is 1. The summed E-state index contributed by atoms with van der Waals surface area (Å²) >= 11 is 0. The molecule has 164 valence electrons. The van der Waals surface area contributed by atoms with Crippen molar-refractivity contribution < 1.29 is 14.3 Å². The lowest BCUT2D eigenvalue weighted by atomic mass is 10.2. The number of nitrogens with one attached hydrogen (secondary N) is 1. The molecular weight excluding hydrogens is 408 g/mol. The second-order valence-electron chi connectivity index (χ2n) is 7.60. The number of rotatable bonds is 6. The number of hydrogen-bond donors (Lipinski definition) is 1. The van der Waals surface area contributed by atoms with Gasteiger partial charge < -0.3 is 10.1 Å². The molecule has 0 aliphatic heterocycles. The Hall–Kier alpha value is -4.01. The van der Waals surface area contributed by atoms with Crippen LogP contribution in [0.5, 0.6) is 0 Å². The van der Waals surface area contributed by atoms with Gasteiger partial charge in [-0.1, -0.05) is 6.07 Å². The fourth-order valence-electron chi connectivity index (χ4n) is 3.44. The molecule has 0 saturated carbocycles. The number of fused-ring (bicyclic) bond motifs is 1. The van der Waals surface area contributed by atoms with Crippen LogP contribution in [0, 0.1) is 6.92 Å². The van der Waals surface area contributed by atoms with Crippen molar-refractivity contribution in [3.8, 4) is 5.69 Å². The summed E-state index contributed by atoms with van der Waals surface area (Å²) in [7, 11) is 0. The van der Waals surface area contributed by atoms with Crippen molar-refractivity contribution >= 4 is 28.6 Å². The van der Waals surface area contributed by atoms with Gasteiger partial charge >= 0.3 is 5.97 Å². The van der Waals surface area contributed by atoms with Gasteiger partial charge in [-0.15, -0.1) is 0 Å². The lowest BCUT2D eigenvalue weighted by Gasteiger charge is -2.10. The summed E-state index contributed by atoms with van der Waals surface area (Å²) in [5.74, 6) is -0.692. The highest BCUT2D eigenvalue weighted by Crippen LogP contribution is 2.21. The number of aromatic nitrogens is 5. The first-order valence-electron chi connectivity index (χ1n) is 10.4. The molecule has 3 heterocycles. The Bertz CT molecular complexity index is 1300. The fourth-order valence-corrected chi connectivity index (χ4v) is 3.44. The van der Waals surface area contributed by atoms with E-state index in [0.717, 1.165) is 11.0 Å². The smallest absolute Gasteiger partial charge is 0.341 e. The summed E-state index contributed by atoms with van der Waals surface area (Å²) in [6.07, 6.45) is 4.74. The van der Waals surface area contributed by atoms with Crippen molar-refractivity contribution in [2.45, 2.75) is 33.7 Å². The van der Waals surface area contributed by atoms with E-state index in [1.54, 1.807) is 49.1 Å². The molecule has 0 radical (unpaired) electrons. The molecule has 32 heavy (non-hydrogen) atoms. The second-order valence-corrected chi connectivity index (χ2v) is 7.60. The SMILES string of the molecule is CCOC(=O)c1cnn(-c2cccc(NC(=O)c3cnc4c(cnn4C(C)C)c3)c2)c1C. The predicted molar refractivity (Wildman–Crippen MR) is 120 cm³/mol. The average molecular weight is 432 g/mol. The molecular formula is C23H24N6O3. The van der Waals surface area contributed by atoms with Crippen LogP contribution in [0.4, 0.5) is 5.69 Å². The van der Waals surface area contributed by atoms with Gasteiger partial charge in [-0.25, -0.2) is 19.1 Å².